The average Bonchev–Trinajstić information content (AvgIpc) is 1.88. The van der Waals surface area contributed by atoms with Crippen LogP contribution in [0.5, 0.6) is 0 Å². The van der Waals surface area contributed by atoms with E-state index >= 15 is 0 Å². The quantitative estimate of drug-likeness (QED) is 0.652. The molecule has 0 aliphatic heterocycles. The van der Waals surface area contributed by atoms with Gasteiger partial charge in [-0.1, -0.05) is 6.07 Å². The van der Waals surface area contributed by atoms with Crippen LogP contribution in [-0.4, -0.2) is 15.1 Å². The Balaban J connectivity index is 2.67. The van der Waals surface area contributed by atoms with Crippen LogP contribution in [0.25, 0.3) is 0 Å². The van der Waals surface area contributed by atoms with Crippen molar-refractivity contribution < 1.29 is 5.11 Å². The number of hydrogen-bond donors (Lipinski definition) is 1. The van der Waals surface area contributed by atoms with Gasteiger partial charge in [0.2, 0.25) is 0 Å². The zero-order valence-corrected chi connectivity index (χ0v) is 6.01. The van der Waals surface area contributed by atoms with E-state index in [1.807, 2.05) is 6.07 Å². The maximum absolute atomic E-state index is 8.65. The van der Waals surface area contributed by atoms with Crippen LogP contribution in [0.3, 0.4) is 0 Å². The van der Waals surface area contributed by atoms with E-state index in [2.05, 4.69) is 17.2 Å². The van der Waals surface area contributed by atoms with Gasteiger partial charge in [0, 0.05) is 12.4 Å². The minimum Gasteiger partial charge on any atom is -0.501 e. The van der Waals surface area contributed by atoms with Gasteiger partial charge in [0.15, 0.2) is 5.05 Å². The van der Waals surface area contributed by atoms with Crippen LogP contribution in [0.4, 0.5) is 0 Å². The van der Waals surface area contributed by atoms with Crippen LogP contribution < -0.4 is 0 Å². The highest BCUT2D eigenvalue weighted by atomic mass is 32.1. The van der Waals surface area contributed by atoms with E-state index in [1.54, 1.807) is 18.5 Å². The number of aliphatic hydroxyl groups excluding tert-OH is 1. The highest BCUT2D eigenvalue weighted by Gasteiger charge is 1.94. The van der Waals surface area contributed by atoms with Crippen LogP contribution in [-0.2, 0) is 0 Å². The topological polar surface area (TPSA) is 33.1 Å². The van der Waals surface area contributed by atoms with Crippen molar-refractivity contribution in [1.82, 2.24) is 4.98 Å². The lowest BCUT2D eigenvalue weighted by Gasteiger charge is -1.93. The minimum absolute atomic E-state index is 0.118. The number of aliphatic hydroxyl groups is 1. The molecule has 1 heterocycles. The van der Waals surface area contributed by atoms with Crippen molar-refractivity contribution in [3.05, 3.63) is 36.5 Å². The highest BCUT2D eigenvalue weighted by Crippen LogP contribution is 1.99. The number of thiocarbonyl (C=S) groups is 1. The molecule has 1 rings (SSSR count). The lowest BCUT2D eigenvalue weighted by atomic mass is 10.2. The molecular weight excluding hydrogens is 146 g/mol. The summed E-state index contributed by atoms with van der Waals surface area (Å²) < 4.78 is 0. The molecule has 0 aromatic carbocycles. The van der Waals surface area contributed by atoms with E-state index in [9.17, 15) is 0 Å². The Morgan fingerprint density at radius 2 is 2.50 bits per heavy atom. The number of rotatable bonds is 2. The first-order valence-electron chi connectivity index (χ1n) is 2.77. The summed E-state index contributed by atoms with van der Waals surface area (Å²) in [5.41, 5.74) is 0.815. The molecule has 1 aromatic heterocycles. The van der Waals surface area contributed by atoms with Gasteiger partial charge < -0.3 is 5.11 Å². The molecule has 1 radical (unpaired) electrons. The van der Waals surface area contributed by atoms with Crippen molar-refractivity contribution in [2.75, 3.05) is 0 Å². The number of pyridine rings is 1. The predicted molar refractivity (Wildman–Crippen MR) is 42.9 cm³/mol. The van der Waals surface area contributed by atoms with Crippen LogP contribution in [0.15, 0.2) is 24.5 Å². The molecule has 0 spiro atoms. The van der Waals surface area contributed by atoms with Crippen LogP contribution in [0.2, 0.25) is 0 Å². The highest BCUT2D eigenvalue weighted by molar-refractivity contribution is 7.80. The van der Waals surface area contributed by atoms with Crippen LogP contribution in [0, 0.1) is 6.42 Å². The van der Waals surface area contributed by atoms with Crippen molar-refractivity contribution in [1.29, 1.82) is 0 Å². The van der Waals surface area contributed by atoms with Crippen molar-refractivity contribution in [3.63, 3.8) is 0 Å². The Kier molecular flexibility index (Phi) is 2.34. The van der Waals surface area contributed by atoms with E-state index < -0.39 is 0 Å². The molecule has 1 N–H and O–H groups in total. The second-order valence-corrected chi connectivity index (χ2v) is 2.19. The molecule has 0 unspecified atom stereocenters. The Labute approximate surface area is 64.5 Å². The Hall–Kier alpha value is -0.960. The van der Waals surface area contributed by atoms with Gasteiger partial charge in [-0.2, -0.15) is 0 Å². The van der Waals surface area contributed by atoms with E-state index in [-0.39, 0.29) is 5.05 Å². The summed E-state index contributed by atoms with van der Waals surface area (Å²) in [5.74, 6) is 0. The summed E-state index contributed by atoms with van der Waals surface area (Å²) in [6.07, 6.45) is 4.77. The first-order chi connectivity index (χ1) is 4.79. The van der Waals surface area contributed by atoms with E-state index in [0.717, 1.165) is 5.56 Å². The van der Waals surface area contributed by atoms with Gasteiger partial charge in [-0.3, -0.25) is 4.98 Å². The van der Waals surface area contributed by atoms with Gasteiger partial charge in [-0.15, -0.1) is 0 Å². The van der Waals surface area contributed by atoms with Crippen molar-refractivity contribution in [2.45, 2.75) is 0 Å². The fourth-order valence-electron chi connectivity index (χ4n) is 0.604. The standard InChI is InChI=1S/C7H6NOS/c9-7(10)4-6-2-1-3-8-5-6/h1-5H,(H,9,10). The van der Waals surface area contributed by atoms with Gasteiger partial charge in [0.1, 0.15) is 0 Å². The lowest BCUT2D eigenvalue weighted by Crippen LogP contribution is -1.93. The summed E-state index contributed by atoms with van der Waals surface area (Å²) in [4.78, 5) is 3.84. The average molecular weight is 152 g/mol. The second-order valence-electron chi connectivity index (χ2n) is 1.77. The molecule has 0 amide bonds. The molecular formula is C7H6NOS. The molecule has 0 saturated heterocycles. The third-order valence-electron chi connectivity index (χ3n) is 0.975. The van der Waals surface area contributed by atoms with Gasteiger partial charge in [0.25, 0.3) is 0 Å². The number of aromatic nitrogens is 1. The maximum atomic E-state index is 8.65. The molecule has 2 nitrogen and oxygen atoms in total. The predicted octanol–water partition coefficient (Wildman–Crippen LogP) is 1.52. The van der Waals surface area contributed by atoms with Crippen molar-refractivity contribution >= 4 is 17.3 Å². The fourth-order valence-corrected chi connectivity index (χ4v) is 0.740. The van der Waals surface area contributed by atoms with Gasteiger partial charge in [-0.05, 0) is 23.8 Å². The fraction of sp³-hybridized carbons (Fsp3) is 0. The Bertz CT molecular complexity index is 222. The first-order valence-corrected chi connectivity index (χ1v) is 3.17. The molecule has 51 valence electrons. The number of nitrogens with zero attached hydrogens (tertiary/aromatic N) is 1. The third-order valence-corrected chi connectivity index (χ3v) is 1.09. The summed E-state index contributed by atoms with van der Waals surface area (Å²) in [7, 11) is 0. The Morgan fingerprint density at radius 3 is 3.00 bits per heavy atom. The monoisotopic (exact) mass is 152 g/mol. The van der Waals surface area contributed by atoms with Crippen molar-refractivity contribution in [2.24, 2.45) is 0 Å². The third kappa shape index (κ3) is 2.11. The zero-order valence-electron chi connectivity index (χ0n) is 5.19. The number of hydrogen-bond acceptors (Lipinski definition) is 2. The smallest absolute Gasteiger partial charge is 0.165 e. The first kappa shape index (κ1) is 7.15. The zero-order chi connectivity index (χ0) is 7.40. The van der Waals surface area contributed by atoms with E-state index in [4.69, 9.17) is 5.11 Å². The largest absolute Gasteiger partial charge is 0.501 e. The molecule has 0 aliphatic rings. The van der Waals surface area contributed by atoms with Gasteiger partial charge in [0.05, 0.1) is 6.42 Å². The molecule has 0 saturated carbocycles. The van der Waals surface area contributed by atoms with E-state index in [0.29, 0.717) is 0 Å². The summed E-state index contributed by atoms with van der Waals surface area (Å²) >= 11 is 4.45. The van der Waals surface area contributed by atoms with Crippen LogP contribution in [0.1, 0.15) is 5.56 Å². The molecule has 0 bridgehead atoms. The summed E-state index contributed by atoms with van der Waals surface area (Å²) in [5, 5.41) is 8.54. The summed E-state index contributed by atoms with van der Waals surface area (Å²) in [6, 6.07) is 3.60. The molecule has 1 aromatic rings. The second kappa shape index (κ2) is 3.27. The molecule has 0 aliphatic carbocycles. The molecule has 10 heavy (non-hydrogen) atoms. The lowest BCUT2D eigenvalue weighted by molar-refractivity contribution is 0.569. The SMILES string of the molecule is OC(=S)[CH]c1cccnc1. The van der Waals surface area contributed by atoms with Gasteiger partial charge >= 0.3 is 0 Å². The minimum atomic E-state index is -0.118. The molecule has 3 heteroatoms. The van der Waals surface area contributed by atoms with Crippen LogP contribution >= 0.6 is 12.2 Å². The molecule has 0 fully saturated rings. The molecule has 0 atom stereocenters. The Morgan fingerprint density at radius 1 is 1.70 bits per heavy atom. The summed E-state index contributed by atoms with van der Waals surface area (Å²) in [6.45, 7) is 0. The van der Waals surface area contributed by atoms with Crippen molar-refractivity contribution in [3.8, 4) is 0 Å². The maximum Gasteiger partial charge on any atom is 0.165 e. The van der Waals surface area contributed by atoms with E-state index in [1.165, 1.54) is 6.42 Å². The van der Waals surface area contributed by atoms with Gasteiger partial charge in [-0.25, -0.2) is 0 Å². The normalized spacial score (nSPS) is 9.20.